The summed E-state index contributed by atoms with van der Waals surface area (Å²) in [5, 5.41) is 2.87. The van der Waals surface area contributed by atoms with Crippen molar-refractivity contribution in [1.82, 2.24) is 9.97 Å². The van der Waals surface area contributed by atoms with Crippen LogP contribution in [0.25, 0.3) is 0 Å². The fourth-order valence-corrected chi connectivity index (χ4v) is 3.49. The first kappa shape index (κ1) is 20.1. The molecule has 9 heteroatoms. The number of rotatable bonds is 5. The molecule has 3 aromatic rings. The molecule has 0 saturated carbocycles. The van der Waals surface area contributed by atoms with Crippen LogP contribution >= 0.6 is 0 Å². The number of hydrogen-bond donors (Lipinski definition) is 1. The van der Waals surface area contributed by atoms with Crippen molar-refractivity contribution in [2.24, 2.45) is 0 Å². The zero-order chi connectivity index (χ0) is 21.8. The number of carbonyl (C=O) groups is 1. The molecule has 0 spiro atoms. The number of morpholine rings is 1. The molecule has 3 heterocycles. The minimum Gasteiger partial charge on any atom is -0.486 e. The fraction of sp³-hybridized carbons (Fsp3) is 0.261. The van der Waals surface area contributed by atoms with Gasteiger partial charge < -0.3 is 29.2 Å². The number of ether oxygens (including phenoxy) is 4. The van der Waals surface area contributed by atoms with Crippen molar-refractivity contribution in [2.45, 2.75) is 0 Å². The van der Waals surface area contributed by atoms with E-state index >= 15 is 0 Å². The number of nitrogens with zero attached hydrogens (tertiary/aromatic N) is 3. The second-order valence-corrected chi connectivity index (χ2v) is 7.22. The molecule has 2 aliphatic heterocycles. The van der Waals surface area contributed by atoms with Crippen LogP contribution in [0.4, 0.5) is 11.5 Å². The van der Waals surface area contributed by atoms with E-state index in [1.807, 2.05) is 0 Å². The molecule has 5 rings (SSSR count). The van der Waals surface area contributed by atoms with Gasteiger partial charge in [-0.3, -0.25) is 4.79 Å². The van der Waals surface area contributed by atoms with Crippen molar-refractivity contribution in [1.29, 1.82) is 0 Å². The Kier molecular flexibility index (Phi) is 5.71. The van der Waals surface area contributed by atoms with E-state index in [0.717, 1.165) is 13.1 Å². The van der Waals surface area contributed by atoms with E-state index in [0.29, 0.717) is 66.6 Å². The van der Waals surface area contributed by atoms with Gasteiger partial charge in [-0.2, -0.15) is 0 Å². The maximum absolute atomic E-state index is 12.6. The second kappa shape index (κ2) is 9.11. The van der Waals surface area contributed by atoms with Gasteiger partial charge in [-0.15, -0.1) is 0 Å². The van der Waals surface area contributed by atoms with Crippen molar-refractivity contribution < 1.29 is 23.7 Å². The fourth-order valence-electron chi connectivity index (χ4n) is 3.49. The molecule has 164 valence electrons. The van der Waals surface area contributed by atoms with Gasteiger partial charge >= 0.3 is 0 Å². The number of fused-ring (bicyclic) bond motifs is 1. The molecule has 0 unspecified atom stereocenters. The molecule has 1 aromatic heterocycles. The van der Waals surface area contributed by atoms with Gasteiger partial charge in [-0.1, -0.05) is 0 Å². The monoisotopic (exact) mass is 434 g/mol. The lowest BCUT2D eigenvalue weighted by Gasteiger charge is -2.28. The quantitative estimate of drug-likeness (QED) is 0.655. The van der Waals surface area contributed by atoms with Gasteiger partial charge in [-0.25, -0.2) is 9.97 Å². The van der Waals surface area contributed by atoms with Gasteiger partial charge in [0.25, 0.3) is 11.8 Å². The third-order valence-electron chi connectivity index (χ3n) is 5.09. The lowest BCUT2D eigenvalue weighted by molar-refractivity contribution is 0.102. The van der Waals surface area contributed by atoms with Crippen molar-refractivity contribution in [3.8, 4) is 23.1 Å². The first-order valence-electron chi connectivity index (χ1n) is 10.4. The molecule has 32 heavy (non-hydrogen) atoms. The summed E-state index contributed by atoms with van der Waals surface area (Å²) in [4.78, 5) is 23.5. The van der Waals surface area contributed by atoms with E-state index in [2.05, 4.69) is 20.2 Å². The van der Waals surface area contributed by atoms with E-state index in [1.165, 1.54) is 0 Å². The lowest BCUT2D eigenvalue weighted by atomic mass is 10.2. The molecule has 2 aromatic carbocycles. The Morgan fingerprint density at radius 1 is 0.906 bits per heavy atom. The van der Waals surface area contributed by atoms with Gasteiger partial charge in [0.15, 0.2) is 17.3 Å². The summed E-state index contributed by atoms with van der Waals surface area (Å²) < 4.78 is 22.4. The molecular formula is C23H22N4O5. The molecule has 0 aliphatic carbocycles. The van der Waals surface area contributed by atoms with Crippen molar-refractivity contribution in [2.75, 3.05) is 49.7 Å². The number of aromatic nitrogens is 2. The van der Waals surface area contributed by atoms with E-state index in [4.69, 9.17) is 18.9 Å². The number of amides is 1. The van der Waals surface area contributed by atoms with Crippen LogP contribution in [-0.2, 0) is 4.74 Å². The Bertz CT molecular complexity index is 1100. The summed E-state index contributed by atoms with van der Waals surface area (Å²) in [6.45, 7) is 3.76. The maximum atomic E-state index is 12.6. The van der Waals surface area contributed by atoms with Crippen molar-refractivity contribution in [3.05, 3.63) is 60.4 Å². The summed E-state index contributed by atoms with van der Waals surface area (Å²) in [6.07, 6.45) is 3.23. The summed E-state index contributed by atoms with van der Waals surface area (Å²) in [5.41, 5.74) is 1.13. The number of carbonyl (C=O) groups excluding carboxylic acids is 1. The molecule has 1 N–H and O–H groups in total. The topological polar surface area (TPSA) is 95.0 Å². The first-order valence-corrected chi connectivity index (χ1v) is 10.4. The summed E-state index contributed by atoms with van der Waals surface area (Å²) in [7, 11) is 0. The van der Waals surface area contributed by atoms with E-state index < -0.39 is 0 Å². The molecular weight excluding hydrogens is 412 g/mol. The Hall–Kier alpha value is -3.85. The SMILES string of the molecule is O=C(Nc1ccc2c(c1)OCCO2)c1ccc(Oc2nccnc2N2CCOCC2)cc1. The van der Waals surface area contributed by atoms with Crippen LogP contribution in [0.1, 0.15) is 10.4 Å². The Balaban J connectivity index is 1.26. The predicted octanol–water partition coefficient (Wildman–Crippen LogP) is 3.13. The van der Waals surface area contributed by atoms with Crippen LogP contribution in [0.2, 0.25) is 0 Å². The zero-order valence-electron chi connectivity index (χ0n) is 17.3. The van der Waals surface area contributed by atoms with Crippen LogP contribution in [0.15, 0.2) is 54.9 Å². The van der Waals surface area contributed by atoms with Crippen molar-refractivity contribution >= 4 is 17.4 Å². The average Bonchev–Trinajstić information content (AvgIpc) is 2.85. The molecule has 1 saturated heterocycles. The molecule has 2 aliphatic rings. The van der Waals surface area contributed by atoms with E-state index in [9.17, 15) is 4.79 Å². The highest BCUT2D eigenvalue weighted by molar-refractivity contribution is 6.04. The molecule has 0 atom stereocenters. The molecule has 1 fully saturated rings. The molecule has 0 radical (unpaired) electrons. The van der Waals surface area contributed by atoms with Crippen molar-refractivity contribution in [3.63, 3.8) is 0 Å². The highest BCUT2D eigenvalue weighted by Gasteiger charge is 2.19. The normalized spacial score (nSPS) is 15.2. The van der Waals surface area contributed by atoms with Crippen LogP contribution in [0.3, 0.4) is 0 Å². The predicted molar refractivity (Wildman–Crippen MR) is 117 cm³/mol. The average molecular weight is 434 g/mol. The van der Waals surface area contributed by atoms with Gasteiger partial charge in [0.2, 0.25) is 0 Å². The van der Waals surface area contributed by atoms with E-state index in [-0.39, 0.29) is 5.91 Å². The maximum Gasteiger partial charge on any atom is 0.263 e. The highest BCUT2D eigenvalue weighted by atomic mass is 16.6. The largest absolute Gasteiger partial charge is 0.486 e. The van der Waals surface area contributed by atoms with Crippen LogP contribution in [0.5, 0.6) is 23.1 Å². The third kappa shape index (κ3) is 4.42. The molecule has 9 nitrogen and oxygen atoms in total. The smallest absolute Gasteiger partial charge is 0.263 e. The summed E-state index contributed by atoms with van der Waals surface area (Å²) >= 11 is 0. The number of nitrogens with one attached hydrogen (secondary N) is 1. The van der Waals surface area contributed by atoms with Crippen LogP contribution < -0.4 is 24.4 Å². The number of benzene rings is 2. The molecule has 0 bridgehead atoms. The Morgan fingerprint density at radius 3 is 2.47 bits per heavy atom. The zero-order valence-corrected chi connectivity index (χ0v) is 17.3. The standard InChI is InChI=1S/C23H22N4O5/c28-22(26-17-3-6-19-20(15-17)31-14-13-30-19)16-1-4-18(5-2-16)32-23-21(24-7-8-25-23)27-9-11-29-12-10-27/h1-8,15H,9-14H2,(H,26,28). The third-order valence-corrected chi connectivity index (χ3v) is 5.09. The number of anilines is 2. The Morgan fingerprint density at radius 2 is 1.66 bits per heavy atom. The second-order valence-electron chi connectivity index (χ2n) is 7.22. The van der Waals surface area contributed by atoms with Gasteiger partial charge in [0.05, 0.1) is 13.2 Å². The summed E-state index contributed by atoms with van der Waals surface area (Å²) in [5.74, 6) is 2.73. The summed E-state index contributed by atoms with van der Waals surface area (Å²) in [6, 6.07) is 12.2. The first-order chi connectivity index (χ1) is 15.8. The molecule has 1 amide bonds. The van der Waals surface area contributed by atoms with E-state index in [1.54, 1.807) is 54.9 Å². The number of hydrogen-bond acceptors (Lipinski definition) is 8. The van der Waals surface area contributed by atoms with Gasteiger partial charge in [-0.05, 0) is 36.4 Å². The Labute approximate surface area is 184 Å². The van der Waals surface area contributed by atoms with Crippen LogP contribution in [0, 0.1) is 0 Å². The van der Waals surface area contributed by atoms with Gasteiger partial charge in [0.1, 0.15) is 19.0 Å². The van der Waals surface area contributed by atoms with Gasteiger partial charge in [0, 0.05) is 42.8 Å². The van der Waals surface area contributed by atoms with Crippen LogP contribution in [-0.4, -0.2) is 55.4 Å². The highest BCUT2D eigenvalue weighted by Crippen LogP contribution is 2.33. The minimum absolute atomic E-state index is 0.235. The lowest BCUT2D eigenvalue weighted by Crippen LogP contribution is -2.37. The minimum atomic E-state index is -0.235.